The summed E-state index contributed by atoms with van der Waals surface area (Å²) in [4.78, 5) is 43.2. The molecule has 6 nitrogen and oxygen atoms in total. The van der Waals surface area contributed by atoms with E-state index in [-0.39, 0.29) is 17.2 Å². The Labute approximate surface area is 201 Å². The van der Waals surface area contributed by atoms with Gasteiger partial charge in [-0.15, -0.1) is 11.3 Å². The Morgan fingerprint density at radius 2 is 1.79 bits per heavy atom. The summed E-state index contributed by atoms with van der Waals surface area (Å²) in [5, 5.41) is 0.608. The lowest BCUT2D eigenvalue weighted by molar-refractivity contribution is -0.129. The van der Waals surface area contributed by atoms with Crippen molar-refractivity contribution in [2.75, 3.05) is 6.54 Å². The molecule has 0 bridgehead atoms. The molecule has 0 fully saturated rings. The Morgan fingerprint density at radius 1 is 1.03 bits per heavy atom. The van der Waals surface area contributed by atoms with E-state index in [0.717, 1.165) is 32.7 Å². The molecule has 0 N–H and O–H groups in total. The van der Waals surface area contributed by atoms with Crippen LogP contribution in [0.5, 0.6) is 0 Å². The normalized spacial score (nSPS) is 13.4. The van der Waals surface area contributed by atoms with Gasteiger partial charge >= 0.3 is 5.69 Å². The minimum atomic E-state index is -0.338. The summed E-state index contributed by atoms with van der Waals surface area (Å²) in [5.74, 6) is 0.0215. The number of carbonyl (C=O) groups is 1. The summed E-state index contributed by atoms with van der Waals surface area (Å²) in [5.41, 5.74) is 5.11. The fraction of sp³-hybridized carbons (Fsp3) is 0.296. The molecule has 0 aliphatic carbocycles. The van der Waals surface area contributed by atoms with Crippen LogP contribution in [0, 0.1) is 20.8 Å². The van der Waals surface area contributed by atoms with Gasteiger partial charge in [0.2, 0.25) is 5.91 Å². The van der Waals surface area contributed by atoms with E-state index in [1.807, 2.05) is 45.0 Å². The molecule has 2 aromatic heterocycles. The van der Waals surface area contributed by atoms with Crippen molar-refractivity contribution in [3.63, 3.8) is 0 Å². The highest BCUT2D eigenvalue weighted by Gasteiger charge is 2.28. The molecule has 3 heterocycles. The maximum atomic E-state index is 13.9. The van der Waals surface area contributed by atoms with Crippen molar-refractivity contribution in [3.05, 3.63) is 96.0 Å². The summed E-state index contributed by atoms with van der Waals surface area (Å²) in [6.45, 7) is 8.99. The molecule has 4 aromatic rings. The Bertz CT molecular complexity index is 1570. The quantitative estimate of drug-likeness (QED) is 0.450. The third kappa shape index (κ3) is 3.60. The van der Waals surface area contributed by atoms with E-state index in [9.17, 15) is 14.4 Å². The van der Waals surface area contributed by atoms with Crippen molar-refractivity contribution in [2.24, 2.45) is 0 Å². The first-order valence-electron chi connectivity index (χ1n) is 11.4. The van der Waals surface area contributed by atoms with E-state index in [0.29, 0.717) is 42.0 Å². The van der Waals surface area contributed by atoms with Gasteiger partial charge in [0, 0.05) is 18.3 Å². The van der Waals surface area contributed by atoms with Crippen molar-refractivity contribution >= 4 is 27.5 Å². The molecule has 34 heavy (non-hydrogen) atoms. The highest BCUT2D eigenvalue weighted by molar-refractivity contribution is 7.18. The van der Waals surface area contributed by atoms with Crippen molar-refractivity contribution in [2.45, 2.75) is 47.2 Å². The maximum absolute atomic E-state index is 13.9. The number of aryl methyl sites for hydroxylation is 3. The number of carbonyl (C=O) groups excluding carboxylic acids is 1. The number of hydrogen-bond donors (Lipinski definition) is 0. The topological polar surface area (TPSA) is 64.3 Å². The number of benzene rings is 2. The van der Waals surface area contributed by atoms with E-state index in [1.54, 1.807) is 16.4 Å². The summed E-state index contributed by atoms with van der Waals surface area (Å²) in [6.07, 6.45) is 0.611. The Morgan fingerprint density at radius 3 is 2.53 bits per heavy atom. The van der Waals surface area contributed by atoms with Gasteiger partial charge in [-0.1, -0.05) is 42.0 Å². The van der Waals surface area contributed by atoms with E-state index < -0.39 is 0 Å². The fourth-order valence-corrected chi connectivity index (χ4v) is 6.13. The third-order valence-electron chi connectivity index (χ3n) is 6.76. The zero-order chi connectivity index (χ0) is 24.1. The molecular formula is C27H27N3O3S. The summed E-state index contributed by atoms with van der Waals surface area (Å²) < 4.78 is 3.07. The van der Waals surface area contributed by atoms with Crippen LogP contribution >= 0.6 is 11.3 Å². The number of thiophene rings is 1. The Balaban J connectivity index is 1.83. The van der Waals surface area contributed by atoms with Crippen LogP contribution in [0.1, 0.15) is 39.6 Å². The molecule has 2 aromatic carbocycles. The highest BCUT2D eigenvalue weighted by Crippen LogP contribution is 2.33. The predicted molar refractivity (Wildman–Crippen MR) is 136 cm³/mol. The van der Waals surface area contributed by atoms with Gasteiger partial charge in [0.25, 0.3) is 5.56 Å². The summed E-state index contributed by atoms with van der Waals surface area (Å²) >= 11 is 1.47. The molecule has 7 heteroatoms. The first kappa shape index (κ1) is 22.3. The average Bonchev–Trinajstić information content (AvgIpc) is 3.19. The van der Waals surface area contributed by atoms with Crippen LogP contribution in [0.3, 0.4) is 0 Å². The lowest BCUT2D eigenvalue weighted by Gasteiger charge is -2.25. The van der Waals surface area contributed by atoms with Crippen LogP contribution in [-0.4, -0.2) is 26.5 Å². The van der Waals surface area contributed by atoms with Gasteiger partial charge < -0.3 is 4.90 Å². The van der Waals surface area contributed by atoms with Crippen LogP contribution in [0.4, 0.5) is 0 Å². The number of hydrogen-bond acceptors (Lipinski definition) is 4. The van der Waals surface area contributed by atoms with Crippen molar-refractivity contribution in [1.29, 1.82) is 0 Å². The molecule has 0 saturated heterocycles. The first-order valence-corrected chi connectivity index (χ1v) is 12.3. The number of nitrogens with zero attached hydrogens (tertiary/aromatic N) is 3. The van der Waals surface area contributed by atoms with E-state index >= 15 is 0 Å². The second kappa shape index (κ2) is 8.40. The second-order valence-electron chi connectivity index (χ2n) is 9.10. The Kier molecular flexibility index (Phi) is 5.52. The zero-order valence-electron chi connectivity index (χ0n) is 19.8. The molecule has 0 saturated carbocycles. The fourth-order valence-electron chi connectivity index (χ4n) is 4.78. The van der Waals surface area contributed by atoms with Gasteiger partial charge in [-0.25, -0.2) is 9.36 Å². The van der Waals surface area contributed by atoms with Crippen LogP contribution < -0.4 is 11.2 Å². The largest absolute Gasteiger partial charge is 0.337 e. The van der Waals surface area contributed by atoms with Crippen molar-refractivity contribution in [3.8, 4) is 5.69 Å². The third-order valence-corrected chi connectivity index (χ3v) is 8.00. The summed E-state index contributed by atoms with van der Waals surface area (Å²) in [6, 6.07) is 13.7. The zero-order valence-corrected chi connectivity index (χ0v) is 20.7. The van der Waals surface area contributed by atoms with Crippen LogP contribution in [-0.2, 0) is 24.3 Å². The number of rotatable bonds is 3. The molecule has 5 rings (SSSR count). The monoisotopic (exact) mass is 473 g/mol. The van der Waals surface area contributed by atoms with Gasteiger partial charge in [0.1, 0.15) is 4.83 Å². The van der Waals surface area contributed by atoms with Gasteiger partial charge in [-0.3, -0.25) is 14.2 Å². The van der Waals surface area contributed by atoms with Gasteiger partial charge in [-0.2, -0.15) is 0 Å². The highest BCUT2D eigenvalue weighted by atomic mass is 32.1. The van der Waals surface area contributed by atoms with Crippen molar-refractivity contribution < 1.29 is 4.79 Å². The SMILES string of the molecule is CC(=O)N1CCc2c(sc3c2c(=O)n(-c2ccccc2C)c(=O)n3Cc2cc(C)ccc2C)C1. The molecule has 1 amide bonds. The van der Waals surface area contributed by atoms with Gasteiger partial charge in [-0.05, 0) is 55.5 Å². The lowest BCUT2D eigenvalue weighted by Crippen LogP contribution is -2.39. The molecule has 0 spiro atoms. The summed E-state index contributed by atoms with van der Waals surface area (Å²) in [7, 11) is 0. The molecule has 174 valence electrons. The number of fused-ring (bicyclic) bond motifs is 3. The van der Waals surface area contributed by atoms with E-state index in [2.05, 4.69) is 18.2 Å². The number of para-hydroxylation sites is 1. The van der Waals surface area contributed by atoms with Crippen LogP contribution in [0.15, 0.2) is 52.1 Å². The lowest BCUT2D eigenvalue weighted by atomic mass is 10.0. The average molecular weight is 474 g/mol. The standard InChI is InChI=1S/C27H27N3O3S/c1-16-9-10-17(2)20(13-16)14-29-26-24(21-11-12-28(19(4)31)15-23(21)34-26)25(32)30(27(29)33)22-8-6-5-7-18(22)3/h5-10,13H,11-12,14-15H2,1-4H3. The predicted octanol–water partition coefficient (Wildman–Crippen LogP) is 4.09. The van der Waals surface area contributed by atoms with Crippen LogP contribution in [0.25, 0.3) is 15.9 Å². The minimum Gasteiger partial charge on any atom is -0.337 e. The molecule has 1 aliphatic heterocycles. The van der Waals surface area contributed by atoms with Crippen LogP contribution in [0.2, 0.25) is 0 Å². The maximum Gasteiger partial charge on any atom is 0.337 e. The minimum absolute atomic E-state index is 0.0215. The smallest absolute Gasteiger partial charge is 0.337 e. The molecule has 1 aliphatic rings. The van der Waals surface area contributed by atoms with Crippen molar-refractivity contribution in [1.82, 2.24) is 14.0 Å². The van der Waals surface area contributed by atoms with E-state index in [1.165, 1.54) is 15.9 Å². The molecule has 0 unspecified atom stereocenters. The number of aromatic nitrogens is 2. The molecule has 0 radical (unpaired) electrons. The second-order valence-corrected chi connectivity index (χ2v) is 10.2. The van der Waals surface area contributed by atoms with Gasteiger partial charge in [0.05, 0.1) is 24.2 Å². The first-order chi connectivity index (χ1) is 16.3. The number of amides is 1. The molecular weight excluding hydrogens is 446 g/mol. The molecule has 0 atom stereocenters. The van der Waals surface area contributed by atoms with Gasteiger partial charge in [0.15, 0.2) is 0 Å². The Hall–Kier alpha value is -3.45. The van der Waals surface area contributed by atoms with E-state index in [4.69, 9.17) is 0 Å².